The fraction of sp³-hybridized carbons (Fsp3) is 0.464. The number of fused-ring (bicyclic) bond motifs is 4. The zero-order chi connectivity index (χ0) is 24.8. The van der Waals surface area contributed by atoms with Gasteiger partial charge >= 0.3 is 12.1 Å². The number of alkyl carbamates (subject to hydrolysis) is 1. The number of carboxylic acids is 1. The zero-order valence-corrected chi connectivity index (χ0v) is 20.2. The van der Waals surface area contributed by atoms with Crippen LogP contribution in [-0.2, 0) is 14.3 Å². The molecule has 0 aromatic heterocycles. The number of nitrogens with one attached hydrogen (secondary N) is 2. The van der Waals surface area contributed by atoms with Gasteiger partial charge in [0.2, 0.25) is 5.91 Å². The molecular formula is C28H32N2O5. The standard InChI is InChI=1S/C28H32N2O5/c1-3-12-27(2,25(32)33)30-24(31)28-14-17(28)13-18(15-28)29-26(34)35-16-23-21-10-6-4-8-19(21)20-9-5-7-11-22(20)23/h4-11,17-18,23H,3,12-16H2,1-2H3,(H,29,34)(H,30,31)(H,32,33)/t17-,18+,27?,28+/m0/s1. The van der Waals surface area contributed by atoms with E-state index in [1.807, 2.05) is 31.2 Å². The number of carboxylic acid groups (broad SMARTS) is 1. The largest absolute Gasteiger partial charge is 0.480 e. The lowest BCUT2D eigenvalue weighted by Gasteiger charge is -2.28. The Bertz CT molecular complexity index is 1130. The second-order valence-electron chi connectivity index (χ2n) is 10.5. The van der Waals surface area contributed by atoms with Gasteiger partial charge < -0.3 is 20.5 Å². The van der Waals surface area contributed by atoms with Crippen LogP contribution in [-0.4, -0.2) is 41.3 Å². The van der Waals surface area contributed by atoms with Crippen molar-refractivity contribution in [2.75, 3.05) is 6.61 Å². The molecule has 2 amide bonds. The van der Waals surface area contributed by atoms with Crippen molar-refractivity contribution in [3.8, 4) is 11.1 Å². The molecule has 4 atom stereocenters. The summed E-state index contributed by atoms with van der Waals surface area (Å²) in [7, 11) is 0. The first-order valence-electron chi connectivity index (χ1n) is 12.4. The number of aliphatic carboxylic acids is 1. The third kappa shape index (κ3) is 4.07. The van der Waals surface area contributed by atoms with Gasteiger partial charge in [0.15, 0.2) is 0 Å². The van der Waals surface area contributed by atoms with Crippen LogP contribution < -0.4 is 10.6 Å². The van der Waals surface area contributed by atoms with Crippen molar-refractivity contribution in [2.45, 2.75) is 63.5 Å². The summed E-state index contributed by atoms with van der Waals surface area (Å²) in [5, 5.41) is 15.3. The molecule has 3 aliphatic carbocycles. The number of ether oxygens (including phenoxy) is 1. The molecule has 0 saturated heterocycles. The van der Waals surface area contributed by atoms with E-state index in [0.29, 0.717) is 25.7 Å². The van der Waals surface area contributed by atoms with Gasteiger partial charge in [0.05, 0.1) is 5.41 Å². The monoisotopic (exact) mass is 476 g/mol. The highest BCUT2D eigenvalue weighted by Gasteiger charge is 2.65. The van der Waals surface area contributed by atoms with Crippen LogP contribution >= 0.6 is 0 Å². The second kappa shape index (κ2) is 8.70. The summed E-state index contributed by atoms with van der Waals surface area (Å²) in [4.78, 5) is 37.5. The maximum Gasteiger partial charge on any atom is 0.407 e. The quantitative estimate of drug-likeness (QED) is 0.522. The van der Waals surface area contributed by atoms with E-state index in [-0.39, 0.29) is 30.4 Å². The highest BCUT2D eigenvalue weighted by molar-refractivity contribution is 5.92. The van der Waals surface area contributed by atoms with Crippen molar-refractivity contribution in [2.24, 2.45) is 11.3 Å². The highest BCUT2D eigenvalue weighted by Crippen LogP contribution is 2.63. The van der Waals surface area contributed by atoms with E-state index in [4.69, 9.17) is 4.74 Å². The molecule has 2 saturated carbocycles. The molecule has 2 aromatic carbocycles. The van der Waals surface area contributed by atoms with Gasteiger partial charge in [0.1, 0.15) is 12.1 Å². The minimum Gasteiger partial charge on any atom is -0.480 e. The van der Waals surface area contributed by atoms with Crippen LogP contribution in [0.4, 0.5) is 4.79 Å². The molecule has 7 heteroatoms. The molecule has 0 bridgehead atoms. The number of carbonyl (C=O) groups is 3. The zero-order valence-electron chi connectivity index (χ0n) is 20.2. The Morgan fingerprint density at radius 3 is 2.29 bits per heavy atom. The lowest BCUT2D eigenvalue weighted by atomic mass is 9.93. The maximum atomic E-state index is 13.0. The summed E-state index contributed by atoms with van der Waals surface area (Å²) >= 11 is 0. The van der Waals surface area contributed by atoms with Crippen LogP contribution in [0.15, 0.2) is 48.5 Å². The molecule has 3 aliphatic rings. The Balaban J connectivity index is 1.18. The molecular weight excluding hydrogens is 444 g/mol. The first kappa shape index (κ1) is 23.4. The minimum atomic E-state index is -1.27. The third-order valence-electron chi connectivity index (χ3n) is 8.14. The molecule has 0 heterocycles. The normalized spacial score (nSPS) is 25.5. The van der Waals surface area contributed by atoms with Gasteiger partial charge in [-0.05, 0) is 60.8 Å². The molecule has 2 aromatic rings. The number of rotatable bonds is 8. The van der Waals surface area contributed by atoms with Crippen LogP contribution in [0.3, 0.4) is 0 Å². The first-order chi connectivity index (χ1) is 16.8. The number of hydrogen-bond acceptors (Lipinski definition) is 4. The number of hydrogen-bond donors (Lipinski definition) is 3. The van der Waals surface area contributed by atoms with Gasteiger partial charge in [0.25, 0.3) is 0 Å². The van der Waals surface area contributed by atoms with E-state index in [0.717, 1.165) is 17.5 Å². The molecule has 0 radical (unpaired) electrons. The molecule has 3 N–H and O–H groups in total. The first-order valence-corrected chi connectivity index (χ1v) is 12.4. The maximum absolute atomic E-state index is 13.0. The van der Waals surface area contributed by atoms with Crippen molar-refractivity contribution < 1.29 is 24.2 Å². The van der Waals surface area contributed by atoms with Crippen molar-refractivity contribution in [3.05, 3.63) is 59.7 Å². The van der Waals surface area contributed by atoms with Gasteiger partial charge in [-0.1, -0.05) is 61.9 Å². The van der Waals surface area contributed by atoms with Crippen LogP contribution in [0.2, 0.25) is 0 Å². The van der Waals surface area contributed by atoms with Crippen molar-refractivity contribution in [3.63, 3.8) is 0 Å². The highest BCUT2D eigenvalue weighted by atomic mass is 16.5. The minimum absolute atomic E-state index is 0.00508. The van der Waals surface area contributed by atoms with E-state index in [1.54, 1.807) is 6.92 Å². The smallest absolute Gasteiger partial charge is 0.407 e. The SMILES string of the molecule is CCCC(C)(NC(=O)[C@]12C[C@H](NC(=O)OCC3c4ccccc4-c4ccccc43)C[C@H]1C2)C(=O)O. The van der Waals surface area contributed by atoms with Gasteiger partial charge in [0, 0.05) is 12.0 Å². The van der Waals surface area contributed by atoms with Crippen LogP contribution in [0, 0.1) is 11.3 Å². The molecule has 184 valence electrons. The van der Waals surface area contributed by atoms with Gasteiger partial charge in [-0.25, -0.2) is 9.59 Å². The molecule has 1 unspecified atom stereocenters. The summed E-state index contributed by atoms with van der Waals surface area (Å²) in [5.74, 6) is -1.07. The summed E-state index contributed by atoms with van der Waals surface area (Å²) < 4.78 is 5.66. The lowest BCUT2D eigenvalue weighted by Crippen LogP contribution is -2.54. The summed E-state index contributed by atoms with van der Waals surface area (Å²) in [5.41, 5.74) is 2.83. The molecule has 0 spiro atoms. The summed E-state index contributed by atoms with van der Waals surface area (Å²) in [6, 6.07) is 16.2. The van der Waals surface area contributed by atoms with Crippen molar-refractivity contribution >= 4 is 18.0 Å². The Labute approximate surface area is 205 Å². The Hall–Kier alpha value is -3.35. The Morgan fingerprint density at radius 1 is 1.06 bits per heavy atom. The molecule has 5 rings (SSSR count). The average Bonchev–Trinajstić information content (AvgIpc) is 3.26. The average molecular weight is 477 g/mol. The van der Waals surface area contributed by atoms with Crippen LogP contribution in [0.25, 0.3) is 11.1 Å². The van der Waals surface area contributed by atoms with E-state index in [1.165, 1.54) is 11.1 Å². The van der Waals surface area contributed by atoms with E-state index in [9.17, 15) is 19.5 Å². The number of carbonyl (C=O) groups excluding carboxylic acids is 2. The molecule has 35 heavy (non-hydrogen) atoms. The van der Waals surface area contributed by atoms with Crippen molar-refractivity contribution in [1.29, 1.82) is 0 Å². The fourth-order valence-electron chi connectivity index (χ4n) is 6.19. The second-order valence-corrected chi connectivity index (χ2v) is 10.5. The van der Waals surface area contributed by atoms with Gasteiger partial charge in [-0.2, -0.15) is 0 Å². The summed E-state index contributed by atoms with van der Waals surface area (Å²) in [6.45, 7) is 3.71. The molecule has 0 aliphatic heterocycles. The van der Waals surface area contributed by atoms with Crippen molar-refractivity contribution in [1.82, 2.24) is 10.6 Å². The number of benzene rings is 2. The lowest BCUT2D eigenvalue weighted by molar-refractivity contribution is -0.148. The summed E-state index contributed by atoms with van der Waals surface area (Å²) in [6.07, 6.45) is 2.51. The predicted octanol–water partition coefficient (Wildman–Crippen LogP) is 4.45. The van der Waals surface area contributed by atoms with E-state index < -0.39 is 23.0 Å². The molecule has 2 fully saturated rings. The Kier molecular flexibility index (Phi) is 5.82. The predicted molar refractivity (Wildman–Crippen MR) is 131 cm³/mol. The molecule has 7 nitrogen and oxygen atoms in total. The van der Waals surface area contributed by atoms with Gasteiger partial charge in [-0.15, -0.1) is 0 Å². The van der Waals surface area contributed by atoms with Crippen LogP contribution in [0.5, 0.6) is 0 Å². The van der Waals surface area contributed by atoms with E-state index in [2.05, 4.69) is 34.9 Å². The van der Waals surface area contributed by atoms with Crippen LogP contribution in [0.1, 0.15) is 63.0 Å². The number of amides is 2. The third-order valence-corrected chi connectivity index (χ3v) is 8.14. The van der Waals surface area contributed by atoms with Gasteiger partial charge in [-0.3, -0.25) is 4.79 Å². The van der Waals surface area contributed by atoms with E-state index >= 15 is 0 Å². The topological polar surface area (TPSA) is 105 Å². The Morgan fingerprint density at radius 2 is 1.69 bits per heavy atom. The fourth-order valence-corrected chi connectivity index (χ4v) is 6.19.